The SMILES string of the molecule is C[N+]1(C)[C@@H]2CC[C@H]1CC(OC(=O)Nc1ccccc1-c1ccc(F)c(Cl)c1)C2.[Br-]. The summed E-state index contributed by atoms with van der Waals surface area (Å²) in [6.07, 6.45) is 3.73. The largest absolute Gasteiger partial charge is 1.00 e. The number of amides is 1. The van der Waals surface area contributed by atoms with Gasteiger partial charge in [-0.25, -0.2) is 9.18 Å². The van der Waals surface area contributed by atoms with Crippen molar-refractivity contribution < 1.29 is 35.4 Å². The van der Waals surface area contributed by atoms with Crippen molar-refractivity contribution in [1.82, 2.24) is 0 Å². The van der Waals surface area contributed by atoms with Crippen LogP contribution >= 0.6 is 11.6 Å². The molecular weight excluding hydrogens is 459 g/mol. The van der Waals surface area contributed by atoms with E-state index in [1.807, 2.05) is 18.2 Å². The highest BCUT2D eigenvalue weighted by molar-refractivity contribution is 6.31. The Labute approximate surface area is 186 Å². The van der Waals surface area contributed by atoms with Gasteiger partial charge in [-0.15, -0.1) is 0 Å². The van der Waals surface area contributed by atoms with Crippen LogP contribution < -0.4 is 22.3 Å². The van der Waals surface area contributed by atoms with Gasteiger partial charge in [0.1, 0.15) is 11.9 Å². The normalized spacial score (nSPS) is 24.5. The summed E-state index contributed by atoms with van der Waals surface area (Å²) in [5.41, 5.74) is 2.12. The Bertz CT molecular complexity index is 892. The molecule has 0 saturated carbocycles. The molecule has 0 radical (unpaired) electrons. The topological polar surface area (TPSA) is 38.3 Å². The minimum absolute atomic E-state index is 0. The van der Waals surface area contributed by atoms with Crippen molar-refractivity contribution in [3.8, 4) is 11.1 Å². The van der Waals surface area contributed by atoms with Gasteiger partial charge in [-0.3, -0.25) is 5.32 Å². The molecule has 2 fully saturated rings. The lowest BCUT2D eigenvalue weighted by atomic mass is 9.98. The molecule has 2 saturated heterocycles. The Morgan fingerprint density at radius 2 is 1.79 bits per heavy atom. The number of piperidine rings is 1. The van der Waals surface area contributed by atoms with Gasteiger partial charge in [0.25, 0.3) is 0 Å². The molecule has 4 nitrogen and oxygen atoms in total. The molecule has 2 aromatic carbocycles. The summed E-state index contributed by atoms with van der Waals surface area (Å²) < 4.78 is 20.3. The van der Waals surface area contributed by atoms with Crippen LogP contribution in [0.25, 0.3) is 11.1 Å². The number of hydrogen-bond donors (Lipinski definition) is 1. The number of nitrogens with zero attached hydrogens (tertiary/aromatic N) is 1. The third-order valence-electron chi connectivity index (χ3n) is 6.45. The van der Waals surface area contributed by atoms with Crippen LogP contribution in [0.15, 0.2) is 42.5 Å². The Kier molecular flexibility index (Phi) is 6.56. The zero-order valence-corrected chi connectivity index (χ0v) is 18.8. The minimum Gasteiger partial charge on any atom is -1.00 e. The molecule has 4 rings (SSSR count). The van der Waals surface area contributed by atoms with E-state index in [1.54, 1.807) is 18.2 Å². The van der Waals surface area contributed by atoms with Crippen LogP contribution in [0.3, 0.4) is 0 Å². The van der Waals surface area contributed by atoms with E-state index in [-0.39, 0.29) is 28.1 Å². The summed E-state index contributed by atoms with van der Waals surface area (Å²) in [7, 11) is 4.56. The first-order chi connectivity index (χ1) is 13.3. The van der Waals surface area contributed by atoms with Gasteiger partial charge >= 0.3 is 6.09 Å². The van der Waals surface area contributed by atoms with E-state index in [0.717, 1.165) is 28.5 Å². The molecule has 29 heavy (non-hydrogen) atoms. The van der Waals surface area contributed by atoms with Crippen LogP contribution in [0.4, 0.5) is 14.9 Å². The van der Waals surface area contributed by atoms with Gasteiger partial charge in [0.05, 0.1) is 36.9 Å². The highest BCUT2D eigenvalue weighted by Gasteiger charge is 2.49. The summed E-state index contributed by atoms with van der Waals surface area (Å²) >= 11 is 5.92. The van der Waals surface area contributed by atoms with Crippen LogP contribution in [0, 0.1) is 5.82 Å². The molecule has 3 atom stereocenters. The van der Waals surface area contributed by atoms with E-state index in [2.05, 4.69) is 19.4 Å². The van der Waals surface area contributed by atoms with Crippen LogP contribution in [0.2, 0.25) is 5.02 Å². The Morgan fingerprint density at radius 1 is 1.14 bits per heavy atom. The lowest BCUT2D eigenvalue weighted by molar-refractivity contribution is -0.931. The van der Waals surface area contributed by atoms with Gasteiger partial charge in [-0.1, -0.05) is 35.9 Å². The van der Waals surface area contributed by atoms with Crippen molar-refractivity contribution in [1.29, 1.82) is 0 Å². The number of halogens is 3. The highest BCUT2D eigenvalue weighted by Crippen LogP contribution is 2.40. The van der Waals surface area contributed by atoms with E-state index in [0.29, 0.717) is 17.8 Å². The summed E-state index contributed by atoms with van der Waals surface area (Å²) in [4.78, 5) is 12.6. The van der Waals surface area contributed by atoms with Gasteiger partial charge in [-0.05, 0) is 23.8 Å². The Balaban J connectivity index is 0.00000240. The van der Waals surface area contributed by atoms with Crippen molar-refractivity contribution in [2.75, 3.05) is 19.4 Å². The molecule has 2 heterocycles. The molecule has 1 amide bonds. The molecule has 2 bridgehead atoms. The Hall–Kier alpha value is -1.63. The van der Waals surface area contributed by atoms with Gasteiger partial charge in [-0.2, -0.15) is 0 Å². The van der Waals surface area contributed by atoms with Crippen molar-refractivity contribution in [3.63, 3.8) is 0 Å². The second-order valence-electron chi connectivity index (χ2n) is 8.31. The van der Waals surface area contributed by atoms with Gasteiger partial charge in [0.15, 0.2) is 0 Å². The first-order valence-electron chi connectivity index (χ1n) is 9.70. The third-order valence-corrected chi connectivity index (χ3v) is 6.74. The van der Waals surface area contributed by atoms with Crippen LogP contribution in [-0.4, -0.2) is 42.9 Å². The van der Waals surface area contributed by atoms with Gasteiger partial charge < -0.3 is 26.2 Å². The molecular formula is C22H25BrClFN2O2. The second-order valence-corrected chi connectivity index (χ2v) is 8.72. The molecule has 0 aromatic heterocycles. The van der Waals surface area contributed by atoms with Crippen molar-refractivity contribution in [2.45, 2.75) is 43.9 Å². The van der Waals surface area contributed by atoms with E-state index < -0.39 is 11.9 Å². The molecule has 156 valence electrons. The molecule has 0 aliphatic carbocycles. The summed E-state index contributed by atoms with van der Waals surface area (Å²) in [5.74, 6) is -0.469. The molecule has 2 aromatic rings. The predicted molar refractivity (Wildman–Crippen MR) is 109 cm³/mol. The van der Waals surface area contributed by atoms with Crippen LogP contribution in [0.1, 0.15) is 25.7 Å². The fourth-order valence-electron chi connectivity index (χ4n) is 4.73. The van der Waals surface area contributed by atoms with Crippen molar-refractivity contribution >= 4 is 23.4 Å². The number of anilines is 1. The highest BCUT2D eigenvalue weighted by atomic mass is 79.9. The summed E-state index contributed by atoms with van der Waals surface area (Å²) in [6, 6.07) is 13.0. The number of ether oxygens (including phenoxy) is 1. The standard InChI is InChI=1S/C22H24ClFN2O2.BrH/c1-26(2)15-8-9-16(26)13-17(12-15)28-22(27)25-21-6-4-3-5-18(21)14-7-10-20(24)19(23)11-14;/h3-7,10-11,15-17H,8-9,12-13H2,1-2H3;1H/t15-,16+,17?;. The van der Waals surface area contributed by atoms with Gasteiger partial charge in [0.2, 0.25) is 0 Å². The number of rotatable bonds is 3. The second kappa shape index (κ2) is 8.62. The average Bonchev–Trinajstić information content (AvgIpc) is 2.82. The number of benzene rings is 2. The molecule has 1 N–H and O–H groups in total. The molecule has 2 aliphatic heterocycles. The minimum atomic E-state index is -0.469. The zero-order valence-electron chi connectivity index (χ0n) is 16.5. The van der Waals surface area contributed by atoms with E-state index in [1.165, 1.54) is 18.9 Å². The number of para-hydroxylation sites is 1. The number of carbonyl (C=O) groups is 1. The Morgan fingerprint density at radius 3 is 2.45 bits per heavy atom. The van der Waals surface area contributed by atoms with Gasteiger partial charge in [0, 0.05) is 31.2 Å². The predicted octanol–water partition coefficient (Wildman–Crippen LogP) is 2.47. The maximum Gasteiger partial charge on any atom is 0.411 e. The number of fused-ring (bicyclic) bond motifs is 2. The van der Waals surface area contributed by atoms with E-state index in [4.69, 9.17) is 16.3 Å². The summed E-state index contributed by atoms with van der Waals surface area (Å²) in [5, 5.41) is 2.91. The lowest BCUT2D eigenvalue weighted by Crippen LogP contribution is -3.00. The number of hydrogen-bond acceptors (Lipinski definition) is 2. The zero-order chi connectivity index (χ0) is 19.9. The molecule has 1 unspecified atom stereocenters. The van der Waals surface area contributed by atoms with Crippen LogP contribution in [0.5, 0.6) is 0 Å². The monoisotopic (exact) mass is 482 g/mol. The van der Waals surface area contributed by atoms with Crippen LogP contribution in [-0.2, 0) is 4.74 Å². The van der Waals surface area contributed by atoms with E-state index >= 15 is 0 Å². The fraction of sp³-hybridized carbons (Fsp3) is 0.409. The van der Waals surface area contributed by atoms with Crippen molar-refractivity contribution in [3.05, 3.63) is 53.3 Å². The quantitative estimate of drug-likeness (QED) is 0.681. The fourth-order valence-corrected chi connectivity index (χ4v) is 4.91. The smallest absolute Gasteiger partial charge is 0.411 e. The maximum absolute atomic E-state index is 13.5. The first kappa shape index (κ1) is 22.1. The van der Waals surface area contributed by atoms with Crippen molar-refractivity contribution in [2.24, 2.45) is 0 Å². The first-order valence-corrected chi connectivity index (χ1v) is 10.1. The molecule has 7 heteroatoms. The third kappa shape index (κ3) is 4.44. The number of quaternary nitrogens is 1. The summed E-state index contributed by atoms with van der Waals surface area (Å²) in [6.45, 7) is 0. The number of carbonyl (C=O) groups excluding carboxylic acids is 1. The lowest BCUT2D eigenvalue weighted by Gasteiger charge is -2.43. The average molecular weight is 484 g/mol. The molecule has 0 spiro atoms. The van der Waals surface area contributed by atoms with E-state index in [9.17, 15) is 9.18 Å². The maximum atomic E-state index is 13.5. The molecule has 2 aliphatic rings. The number of nitrogens with one attached hydrogen (secondary N) is 1.